The zero-order valence-electron chi connectivity index (χ0n) is 10.1. The van der Waals surface area contributed by atoms with Crippen LogP contribution in [0.15, 0.2) is 18.2 Å². The molecule has 1 fully saturated rings. The van der Waals surface area contributed by atoms with E-state index in [0.29, 0.717) is 6.42 Å². The fourth-order valence-corrected chi connectivity index (χ4v) is 2.57. The number of carbonyl (C=O) groups excluding carboxylic acids is 1. The van der Waals surface area contributed by atoms with E-state index < -0.39 is 0 Å². The lowest BCUT2D eigenvalue weighted by atomic mass is 9.99. The molecule has 3 rings (SSSR count). The van der Waals surface area contributed by atoms with E-state index in [2.05, 4.69) is 12.1 Å². The summed E-state index contributed by atoms with van der Waals surface area (Å²) >= 11 is 0. The van der Waals surface area contributed by atoms with Gasteiger partial charge in [0.1, 0.15) is 0 Å². The predicted molar refractivity (Wildman–Crippen MR) is 67.8 cm³/mol. The fraction of sp³-hybridized carbons (Fsp3) is 0.500. The molecule has 1 saturated carbocycles. The van der Waals surface area contributed by atoms with Crippen LogP contribution in [0.2, 0.25) is 0 Å². The summed E-state index contributed by atoms with van der Waals surface area (Å²) in [7, 11) is 1.83. The lowest BCUT2D eigenvalue weighted by molar-refractivity contribution is -0.117. The number of amides is 1. The van der Waals surface area contributed by atoms with Gasteiger partial charge < -0.3 is 10.6 Å². The largest absolute Gasteiger partial charge is 0.324 e. The summed E-state index contributed by atoms with van der Waals surface area (Å²) in [5, 5.41) is 0. The van der Waals surface area contributed by atoms with Gasteiger partial charge >= 0.3 is 0 Å². The highest BCUT2D eigenvalue weighted by molar-refractivity contribution is 6.00. The van der Waals surface area contributed by atoms with Crippen molar-refractivity contribution in [1.29, 1.82) is 0 Å². The minimum Gasteiger partial charge on any atom is -0.324 e. The van der Waals surface area contributed by atoms with Crippen LogP contribution < -0.4 is 10.6 Å². The molecule has 0 spiro atoms. The Balaban J connectivity index is 1.83. The van der Waals surface area contributed by atoms with Crippen molar-refractivity contribution in [2.45, 2.75) is 31.7 Å². The van der Waals surface area contributed by atoms with E-state index in [4.69, 9.17) is 5.73 Å². The first-order valence-corrected chi connectivity index (χ1v) is 6.30. The standard InChI is InChI=1S/C14H18N2O/c1-16-13-5-4-10(7-11(13)8-14(16)17)12(15)6-9-2-3-9/h4-5,7,9,12H,2-3,6,8,15H2,1H3. The number of likely N-dealkylation sites (N-methyl/N-ethyl adjacent to an activating group) is 1. The van der Waals surface area contributed by atoms with Gasteiger partial charge in [-0.05, 0) is 29.5 Å². The van der Waals surface area contributed by atoms with Gasteiger partial charge in [-0.15, -0.1) is 0 Å². The molecule has 1 atom stereocenters. The highest BCUT2D eigenvalue weighted by atomic mass is 16.2. The average molecular weight is 230 g/mol. The van der Waals surface area contributed by atoms with Crippen molar-refractivity contribution in [3.8, 4) is 0 Å². The maximum atomic E-state index is 11.6. The molecule has 1 aromatic rings. The summed E-state index contributed by atoms with van der Waals surface area (Å²) in [4.78, 5) is 13.3. The van der Waals surface area contributed by atoms with Gasteiger partial charge in [0.25, 0.3) is 0 Å². The zero-order chi connectivity index (χ0) is 12.0. The number of benzene rings is 1. The molecule has 3 nitrogen and oxygen atoms in total. The van der Waals surface area contributed by atoms with E-state index in [9.17, 15) is 4.79 Å². The number of anilines is 1. The van der Waals surface area contributed by atoms with Crippen LogP contribution in [0.4, 0.5) is 5.69 Å². The van der Waals surface area contributed by atoms with Gasteiger partial charge in [0.2, 0.25) is 5.91 Å². The highest BCUT2D eigenvalue weighted by Gasteiger charge is 2.27. The lowest BCUT2D eigenvalue weighted by Gasteiger charge is -2.14. The zero-order valence-corrected chi connectivity index (χ0v) is 10.1. The van der Waals surface area contributed by atoms with Crippen LogP contribution in [0.5, 0.6) is 0 Å². The average Bonchev–Trinajstić information content (AvgIpc) is 3.07. The second kappa shape index (κ2) is 3.84. The van der Waals surface area contributed by atoms with Gasteiger partial charge in [-0.25, -0.2) is 0 Å². The third-order valence-corrected chi connectivity index (χ3v) is 3.89. The molecular formula is C14H18N2O. The van der Waals surface area contributed by atoms with Crippen molar-refractivity contribution in [3.05, 3.63) is 29.3 Å². The first-order chi connectivity index (χ1) is 8.15. The summed E-state index contributed by atoms with van der Waals surface area (Å²) in [6.45, 7) is 0. The molecule has 2 aliphatic rings. The Morgan fingerprint density at radius 3 is 2.94 bits per heavy atom. The predicted octanol–water partition coefficient (Wildman–Crippen LogP) is 2.01. The maximum absolute atomic E-state index is 11.6. The molecule has 1 aliphatic heterocycles. The number of rotatable bonds is 3. The molecule has 0 aromatic heterocycles. The highest BCUT2D eigenvalue weighted by Crippen LogP contribution is 2.38. The Bertz CT molecular complexity index is 465. The van der Waals surface area contributed by atoms with Gasteiger partial charge in [-0.3, -0.25) is 4.79 Å². The van der Waals surface area contributed by atoms with Crippen molar-refractivity contribution < 1.29 is 4.79 Å². The molecule has 0 bridgehead atoms. The number of nitrogens with two attached hydrogens (primary N) is 1. The normalized spacial score (nSPS) is 20.6. The minimum atomic E-state index is 0.133. The van der Waals surface area contributed by atoms with E-state index in [-0.39, 0.29) is 11.9 Å². The first-order valence-electron chi connectivity index (χ1n) is 6.30. The van der Waals surface area contributed by atoms with E-state index >= 15 is 0 Å². The molecule has 1 aromatic carbocycles. The summed E-state index contributed by atoms with van der Waals surface area (Å²) in [5.41, 5.74) is 9.55. The Hall–Kier alpha value is -1.35. The van der Waals surface area contributed by atoms with Gasteiger partial charge in [0, 0.05) is 18.8 Å². The SMILES string of the molecule is CN1C(=O)Cc2cc(C(N)CC3CC3)ccc21. The first kappa shape index (κ1) is 10.8. The number of carbonyl (C=O) groups is 1. The summed E-state index contributed by atoms with van der Waals surface area (Å²) < 4.78 is 0. The fourth-order valence-electron chi connectivity index (χ4n) is 2.57. The number of nitrogens with zero attached hydrogens (tertiary/aromatic N) is 1. The van der Waals surface area contributed by atoms with E-state index in [1.54, 1.807) is 4.90 Å². The number of fused-ring (bicyclic) bond motifs is 1. The third-order valence-electron chi connectivity index (χ3n) is 3.89. The van der Waals surface area contributed by atoms with Gasteiger partial charge in [0.15, 0.2) is 0 Å². The second-order valence-corrected chi connectivity index (χ2v) is 5.30. The van der Waals surface area contributed by atoms with Crippen LogP contribution in [-0.4, -0.2) is 13.0 Å². The van der Waals surface area contributed by atoms with E-state index in [1.807, 2.05) is 13.1 Å². The maximum Gasteiger partial charge on any atom is 0.231 e. The van der Waals surface area contributed by atoms with Crippen LogP contribution in [0, 0.1) is 5.92 Å². The smallest absolute Gasteiger partial charge is 0.231 e. The molecule has 17 heavy (non-hydrogen) atoms. The third kappa shape index (κ3) is 1.95. The Kier molecular flexibility index (Phi) is 2.44. The van der Waals surface area contributed by atoms with Crippen LogP contribution >= 0.6 is 0 Å². The monoisotopic (exact) mass is 230 g/mol. The topological polar surface area (TPSA) is 46.3 Å². The molecule has 2 N–H and O–H groups in total. The Morgan fingerprint density at radius 2 is 2.24 bits per heavy atom. The van der Waals surface area contributed by atoms with E-state index in [0.717, 1.165) is 23.6 Å². The summed E-state index contributed by atoms with van der Waals surface area (Å²) in [6.07, 6.45) is 4.28. The van der Waals surface area contributed by atoms with Crippen molar-refractivity contribution in [2.75, 3.05) is 11.9 Å². The number of hydrogen-bond acceptors (Lipinski definition) is 2. The quantitative estimate of drug-likeness (QED) is 0.863. The molecule has 0 saturated heterocycles. The minimum absolute atomic E-state index is 0.133. The second-order valence-electron chi connectivity index (χ2n) is 5.30. The lowest BCUT2D eigenvalue weighted by Crippen LogP contribution is -2.20. The van der Waals surface area contributed by atoms with Crippen LogP contribution in [0.25, 0.3) is 0 Å². The van der Waals surface area contributed by atoms with Crippen molar-refractivity contribution in [1.82, 2.24) is 0 Å². The Labute approximate surface area is 102 Å². The van der Waals surface area contributed by atoms with Crippen molar-refractivity contribution in [3.63, 3.8) is 0 Å². The van der Waals surface area contributed by atoms with Crippen LogP contribution in [0.1, 0.15) is 36.4 Å². The molecule has 1 unspecified atom stereocenters. The van der Waals surface area contributed by atoms with E-state index in [1.165, 1.54) is 18.4 Å². The Morgan fingerprint density at radius 1 is 1.47 bits per heavy atom. The summed E-state index contributed by atoms with van der Waals surface area (Å²) in [5.74, 6) is 1.01. The van der Waals surface area contributed by atoms with Gasteiger partial charge in [-0.2, -0.15) is 0 Å². The van der Waals surface area contributed by atoms with Crippen molar-refractivity contribution >= 4 is 11.6 Å². The molecule has 0 radical (unpaired) electrons. The molecule has 3 heteroatoms. The molecule has 1 amide bonds. The number of hydrogen-bond donors (Lipinski definition) is 1. The van der Waals surface area contributed by atoms with Gasteiger partial charge in [-0.1, -0.05) is 25.0 Å². The molecule has 1 heterocycles. The van der Waals surface area contributed by atoms with Crippen LogP contribution in [-0.2, 0) is 11.2 Å². The van der Waals surface area contributed by atoms with Crippen molar-refractivity contribution in [2.24, 2.45) is 11.7 Å². The molecule has 90 valence electrons. The summed E-state index contributed by atoms with van der Waals surface area (Å²) in [6, 6.07) is 6.35. The van der Waals surface area contributed by atoms with Gasteiger partial charge in [0.05, 0.1) is 6.42 Å². The van der Waals surface area contributed by atoms with Crippen LogP contribution in [0.3, 0.4) is 0 Å². The molecular weight excluding hydrogens is 212 g/mol. The molecule has 1 aliphatic carbocycles.